The molecule has 0 aliphatic rings. The minimum atomic E-state index is -0.105. The molecule has 0 heterocycles. The van der Waals surface area contributed by atoms with Gasteiger partial charge in [0.1, 0.15) is 6.61 Å². The number of nitrogens with one attached hydrogen (secondary N) is 1. The predicted octanol–water partition coefficient (Wildman–Crippen LogP) is 3.00. The fourth-order valence-electron chi connectivity index (χ4n) is 2.48. The molecule has 0 aliphatic carbocycles. The van der Waals surface area contributed by atoms with E-state index in [1.165, 1.54) is 0 Å². The quantitative estimate of drug-likeness (QED) is 0.708. The highest BCUT2D eigenvalue weighted by Gasteiger charge is 2.19. The highest BCUT2D eigenvalue weighted by molar-refractivity contribution is 5.95. The van der Waals surface area contributed by atoms with E-state index >= 15 is 0 Å². The molecule has 0 unspecified atom stereocenters. The Labute approximate surface area is 166 Å². The van der Waals surface area contributed by atoms with Gasteiger partial charge in [0.25, 0.3) is 5.91 Å². The Balaban J connectivity index is 0.00000364. The van der Waals surface area contributed by atoms with Gasteiger partial charge < -0.3 is 24.4 Å². The summed E-state index contributed by atoms with van der Waals surface area (Å²) in [5, 5.41) is 3.03. The summed E-state index contributed by atoms with van der Waals surface area (Å²) in [6, 6.07) is 13.2. The number of carbonyl (C=O) groups excluding carboxylic acids is 1. The molecule has 0 aromatic heterocycles. The molecular weight excluding hydrogens is 368 g/mol. The van der Waals surface area contributed by atoms with Crippen LogP contribution in [0.3, 0.4) is 0 Å². The lowest BCUT2D eigenvalue weighted by atomic mass is 10.1. The molecule has 2 aromatic rings. The van der Waals surface area contributed by atoms with Gasteiger partial charge in [-0.05, 0) is 24.7 Å². The SMILES string of the molecule is CNCCN(C)C(=O)c1cc(OC)c(OCc2ccccc2)c(OC)c1.Cl. The molecule has 7 heteroatoms. The van der Waals surface area contributed by atoms with Crippen molar-refractivity contribution in [3.8, 4) is 17.2 Å². The number of ether oxygens (including phenoxy) is 3. The Morgan fingerprint density at radius 2 is 1.67 bits per heavy atom. The van der Waals surface area contributed by atoms with Crippen molar-refractivity contribution >= 4 is 18.3 Å². The van der Waals surface area contributed by atoms with E-state index in [-0.39, 0.29) is 18.3 Å². The Morgan fingerprint density at radius 1 is 1.07 bits per heavy atom. The maximum absolute atomic E-state index is 12.6. The second kappa shape index (κ2) is 11.3. The number of hydrogen-bond donors (Lipinski definition) is 1. The number of nitrogens with zero attached hydrogens (tertiary/aromatic N) is 1. The van der Waals surface area contributed by atoms with Gasteiger partial charge in [0, 0.05) is 25.7 Å². The van der Waals surface area contributed by atoms with Crippen molar-refractivity contribution in [1.29, 1.82) is 0 Å². The Hall–Kier alpha value is -2.44. The van der Waals surface area contributed by atoms with E-state index in [4.69, 9.17) is 14.2 Å². The molecule has 0 saturated carbocycles. The van der Waals surface area contributed by atoms with E-state index in [1.54, 1.807) is 38.3 Å². The van der Waals surface area contributed by atoms with Crippen molar-refractivity contribution in [2.45, 2.75) is 6.61 Å². The summed E-state index contributed by atoms with van der Waals surface area (Å²) >= 11 is 0. The van der Waals surface area contributed by atoms with Crippen LogP contribution in [0.2, 0.25) is 0 Å². The van der Waals surface area contributed by atoms with Crippen molar-refractivity contribution in [2.24, 2.45) is 0 Å². The third kappa shape index (κ3) is 6.05. The first-order valence-electron chi connectivity index (χ1n) is 8.43. The van der Waals surface area contributed by atoms with E-state index in [0.29, 0.717) is 36.0 Å². The minimum Gasteiger partial charge on any atom is -0.493 e. The number of likely N-dealkylation sites (N-methyl/N-ethyl adjacent to an activating group) is 2. The van der Waals surface area contributed by atoms with Gasteiger partial charge in [-0.15, -0.1) is 12.4 Å². The highest BCUT2D eigenvalue weighted by Crippen LogP contribution is 2.39. The van der Waals surface area contributed by atoms with Crippen LogP contribution >= 0.6 is 12.4 Å². The molecular formula is C20H27ClN2O4. The van der Waals surface area contributed by atoms with E-state index in [2.05, 4.69) is 5.32 Å². The second-order valence-corrected chi connectivity index (χ2v) is 5.81. The van der Waals surface area contributed by atoms with Crippen LogP contribution in [0.15, 0.2) is 42.5 Å². The third-order valence-electron chi connectivity index (χ3n) is 3.98. The number of halogens is 1. The van der Waals surface area contributed by atoms with Crippen LogP contribution in [0.5, 0.6) is 17.2 Å². The van der Waals surface area contributed by atoms with Gasteiger partial charge in [-0.1, -0.05) is 30.3 Å². The molecule has 0 radical (unpaired) electrons. The molecule has 6 nitrogen and oxygen atoms in total. The number of amides is 1. The van der Waals surface area contributed by atoms with Crippen LogP contribution in [0.1, 0.15) is 15.9 Å². The van der Waals surface area contributed by atoms with Gasteiger partial charge in [-0.3, -0.25) is 4.79 Å². The lowest BCUT2D eigenvalue weighted by Gasteiger charge is -2.20. The number of benzene rings is 2. The predicted molar refractivity (Wildman–Crippen MR) is 108 cm³/mol. The van der Waals surface area contributed by atoms with Gasteiger partial charge in [-0.2, -0.15) is 0 Å². The summed E-state index contributed by atoms with van der Waals surface area (Å²) in [5.41, 5.74) is 1.52. The molecule has 0 bridgehead atoms. The number of rotatable bonds is 9. The summed E-state index contributed by atoms with van der Waals surface area (Å²) in [6.07, 6.45) is 0. The molecule has 27 heavy (non-hydrogen) atoms. The lowest BCUT2D eigenvalue weighted by Crippen LogP contribution is -2.32. The molecule has 0 fully saturated rings. The van der Waals surface area contributed by atoms with Crippen LogP contribution in [-0.4, -0.2) is 52.2 Å². The minimum absolute atomic E-state index is 0. The van der Waals surface area contributed by atoms with Gasteiger partial charge in [-0.25, -0.2) is 0 Å². The monoisotopic (exact) mass is 394 g/mol. The van der Waals surface area contributed by atoms with Crippen molar-refractivity contribution < 1.29 is 19.0 Å². The number of hydrogen-bond acceptors (Lipinski definition) is 5. The smallest absolute Gasteiger partial charge is 0.253 e. The lowest BCUT2D eigenvalue weighted by molar-refractivity contribution is 0.0796. The molecule has 1 amide bonds. The molecule has 1 N–H and O–H groups in total. The van der Waals surface area contributed by atoms with Crippen LogP contribution in [-0.2, 0) is 6.61 Å². The van der Waals surface area contributed by atoms with Gasteiger partial charge in [0.2, 0.25) is 5.75 Å². The fraction of sp³-hybridized carbons (Fsp3) is 0.350. The Kier molecular flexibility index (Phi) is 9.47. The maximum Gasteiger partial charge on any atom is 0.253 e. The Bertz CT molecular complexity index is 700. The van der Waals surface area contributed by atoms with Gasteiger partial charge >= 0.3 is 0 Å². The summed E-state index contributed by atoms with van der Waals surface area (Å²) < 4.78 is 16.8. The van der Waals surface area contributed by atoms with Crippen LogP contribution in [0.4, 0.5) is 0 Å². The molecule has 2 aromatic carbocycles. The molecule has 148 valence electrons. The zero-order valence-corrected chi connectivity index (χ0v) is 17.0. The van der Waals surface area contributed by atoms with Crippen LogP contribution in [0, 0.1) is 0 Å². The standard InChI is InChI=1S/C20H26N2O4.ClH/c1-21-10-11-22(2)20(23)16-12-17(24-3)19(18(13-16)25-4)26-14-15-8-6-5-7-9-15;/h5-9,12-13,21H,10-11,14H2,1-4H3;1H. The first-order valence-corrected chi connectivity index (χ1v) is 8.43. The van der Waals surface area contributed by atoms with E-state index < -0.39 is 0 Å². The maximum atomic E-state index is 12.6. The number of carbonyl (C=O) groups is 1. The zero-order chi connectivity index (χ0) is 18.9. The number of methoxy groups -OCH3 is 2. The van der Waals surface area contributed by atoms with Crippen molar-refractivity contribution in [3.63, 3.8) is 0 Å². The molecule has 0 saturated heterocycles. The summed E-state index contributed by atoms with van der Waals surface area (Å²) in [5.74, 6) is 1.30. The van der Waals surface area contributed by atoms with E-state index in [1.807, 2.05) is 37.4 Å². The van der Waals surface area contributed by atoms with E-state index in [0.717, 1.165) is 12.1 Å². The molecule has 0 spiro atoms. The first-order chi connectivity index (χ1) is 12.6. The van der Waals surface area contributed by atoms with Crippen molar-refractivity contribution in [1.82, 2.24) is 10.2 Å². The van der Waals surface area contributed by atoms with Crippen molar-refractivity contribution in [3.05, 3.63) is 53.6 Å². The van der Waals surface area contributed by atoms with E-state index in [9.17, 15) is 4.79 Å². The largest absolute Gasteiger partial charge is 0.493 e. The average Bonchev–Trinajstić information content (AvgIpc) is 2.69. The van der Waals surface area contributed by atoms with Crippen LogP contribution in [0.25, 0.3) is 0 Å². The normalized spacial score (nSPS) is 9.93. The average molecular weight is 395 g/mol. The summed E-state index contributed by atoms with van der Waals surface area (Å²) in [7, 11) is 6.70. The molecule has 2 rings (SSSR count). The summed E-state index contributed by atoms with van der Waals surface area (Å²) in [4.78, 5) is 14.3. The zero-order valence-electron chi connectivity index (χ0n) is 16.2. The highest BCUT2D eigenvalue weighted by atomic mass is 35.5. The third-order valence-corrected chi connectivity index (χ3v) is 3.98. The van der Waals surface area contributed by atoms with Gasteiger partial charge in [0.15, 0.2) is 11.5 Å². The van der Waals surface area contributed by atoms with Crippen molar-refractivity contribution in [2.75, 3.05) is 41.4 Å². The fourth-order valence-corrected chi connectivity index (χ4v) is 2.48. The van der Waals surface area contributed by atoms with Gasteiger partial charge in [0.05, 0.1) is 14.2 Å². The molecule has 0 atom stereocenters. The summed E-state index contributed by atoms with van der Waals surface area (Å²) in [6.45, 7) is 1.70. The Morgan fingerprint density at radius 3 is 2.19 bits per heavy atom. The van der Waals surface area contributed by atoms with Crippen LogP contribution < -0.4 is 19.5 Å². The topological polar surface area (TPSA) is 60.0 Å². The molecule has 0 aliphatic heterocycles. The second-order valence-electron chi connectivity index (χ2n) is 5.81. The first kappa shape index (κ1) is 22.6.